The highest BCUT2D eigenvalue weighted by atomic mass is 127. The average molecular weight is 417 g/mol. The minimum absolute atomic E-state index is 0. The smallest absolute Gasteiger partial charge is 0.193 e. The lowest BCUT2D eigenvalue weighted by Gasteiger charge is -2.27. The van der Waals surface area contributed by atoms with E-state index in [9.17, 15) is 0 Å². The Morgan fingerprint density at radius 2 is 1.95 bits per heavy atom. The molecule has 1 aliphatic carbocycles. The van der Waals surface area contributed by atoms with Gasteiger partial charge in [-0.1, -0.05) is 31.0 Å². The average Bonchev–Trinajstić information content (AvgIpc) is 2.96. The van der Waals surface area contributed by atoms with Gasteiger partial charge in [-0.25, -0.2) is 0 Å². The molecule has 0 heterocycles. The zero-order valence-electron chi connectivity index (χ0n) is 13.4. The van der Waals surface area contributed by atoms with Gasteiger partial charge in [-0.2, -0.15) is 0 Å². The highest BCUT2D eigenvalue weighted by molar-refractivity contribution is 14.0. The molecule has 2 rings (SSSR count). The van der Waals surface area contributed by atoms with Gasteiger partial charge in [0.05, 0.1) is 0 Å². The van der Waals surface area contributed by atoms with Crippen molar-refractivity contribution in [1.82, 2.24) is 0 Å². The first-order valence-electron chi connectivity index (χ1n) is 7.94. The third-order valence-corrected chi connectivity index (χ3v) is 4.28. The van der Waals surface area contributed by atoms with E-state index < -0.39 is 0 Å². The Morgan fingerprint density at radius 1 is 1.27 bits per heavy atom. The molecule has 0 unspecified atom stereocenters. The molecule has 22 heavy (non-hydrogen) atoms. The topological polar surface area (TPSA) is 59.6 Å². The number of para-hydroxylation sites is 1. The summed E-state index contributed by atoms with van der Waals surface area (Å²) >= 11 is 0. The highest BCUT2D eigenvalue weighted by Gasteiger charge is 2.33. The lowest BCUT2D eigenvalue weighted by Crippen LogP contribution is -2.28. The molecular formula is C17H28IN3O. The summed E-state index contributed by atoms with van der Waals surface area (Å²) in [6.07, 6.45) is 6.16. The number of nitrogens with one attached hydrogen (secondary N) is 1. The normalized spacial score (nSPS) is 17.0. The molecule has 0 spiro atoms. The second kappa shape index (κ2) is 10.0. The fourth-order valence-electron chi connectivity index (χ4n) is 3.01. The van der Waals surface area contributed by atoms with Gasteiger partial charge in [0.15, 0.2) is 5.96 Å². The Kier molecular flexibility index (Phi) is 8.78. The van der Waals surface area contributed by atoms with Crippen molar-refractivity contribution in [3.8, 4) is 0 Å². The molecule has 4 nitrogen and oxygen atoms in total. The second-order valence-corrected chi connectivity index (χ2v) is 5.85. The number of ether oxygens (including phenoxy) is 1. The molecule has 0 saturated heterocycles. The summed E-state index contributed by atoms with van der Waals surface area (Å²) in [5, 5.41) is 3.15. The van der Waals surface area contributed by atoms with Crippen LogP contribution in [0.4, 0.5) is 5.69 Å². The van der Waals surface area contributed by atoms with Crippen LogP contribution in [-0.2, 0) is 4.74 Å². The van der Waals surface area contributed by atoms with Gasteiger partial charge in [-0.15, -0.1) is 24.0 Å². The Morgan fingerprint density at radius 3 is 2.59 bits per heavy atom. The lowest BCUT2D eigenvalue weighted by atomic mass is 9.83. The Hall–Kier alpha value is -0.820. The number of halogens is 1. The number of rotatable bonds is 7. The van der Waals surface area contributed by atoms with Crippen molar-refractivity contribution in [3.05, 3.63) is 30.3 Å². The molecule has 3 N–H and O–H groups in total. The molecule has 1 aromatic rings. The fourth-order valence-corrected chi connectivity index (χ4v) is 3.01. The third kappa shape index (κ3) is 6.12. The zero-order chi connectivity index (χ0) is 15.0. The summed E-state index contributed by atoms with van der Waals surface area (Å²) in [5.74, 6) is 0.504. The maximum Gasteiger partial charge on any atom is 0.193 e. The first-order valence-corrected chi connectivity index (χ1v) is 7.94. The van der Waals surface area contributed by atoms with E-state index in [4.69, 9.17) is 10.5 Å². The molecule has 1 aliphatic rings. The van der Waals surface area contributed by atoms with Crippen LogP contribution >= 0.6 is 24.0 Å². The van der Waals surface area contributed by atoms with Crippen LogP contribution < -0.4 is 11.1 Å². The number of guanidine groups is 1. The van der Waals surface area contributed by atoms with Gasteiger partial charge in [-0.3, -0.25) is 4.99 Å². The van der Waals surface area contributed by atoms with Crippen LogP contribution in [0.15, 0.2) is 35.3 Å². The van der Waals surface area contributed by atoms with Crippen LogP contribution in [0, 0.1) is 5.41 Å². The van der Waals surface area contributed by atoms with Crippen LogP contribution in [0.2, 0.25) is 0 Å². The minimum Gasteiger partial charge on any atom is -0.382 e. The van der Waals surface area contributed by atoms with Crippen LogP contribution in [0.25, 0.3) is 0 Å². The van der Waals surface area contributed by atoms with Gasteiger partial charge in [0.1, 0.15) is 0 Å². The zero-order valence-corrected chi connectivity index (χ0v) is 15.7. The summed E-state index contributed by atoms with van der Waals surface area (Å²) in [5.41, 5.74) is 7.28. The summed E-state index contributed by atoms with van der Waals surface area (Å²) in [7, 11) is 0. The quantitative estimate of drug-likeness (QED) is 0.305. The van der Waals surface area contributed by atoms with Crippen LogP contribution in [-0.4, -0.2) is 25.7 Å². The van der Waals surface area contributed by atoms with E-state index in [1.807, 2.05) is 37.3 Å². The predicted molar refractivity (Wildman–Crippen MR) is 104 cm³/mol. The molecule has 0 aliphatic heterocycles. The highest BCUT2D eigenvalue weighted by Crippen LogP contribution is 2.41. The first kappa shape index (κ1) is 19.2. The van der Waals surface area contributed by atoms with Crippen molar-refractivity contribution in [2.45, 2.75) is 39.0 Å². The van der Waals surface area contributed by atoms with Gasteiger partial charge in [-0.05, 0) is 43.7 Å². The summed E-state index contributed by atoms with van der Waals surface area (Å²) in [6.45, 7) is 4.46. The minimum atomic E-state index is 0. The van der Waals surface area contributed by atoms with E-state index in [2.05, 4.69) is 10.3 Å². The van der Waals surface area contributed by atoms with Crippen molar-refractivity contribution in [1.29, 1.82) is 0 Å². The summed E-state index contributed by atoms with van der Waals surface area (Å²) < 4.78 is 5.53. The fraction of sp³-hybridized carbons (Fsp3) is 0.588. The van der Waals surface area contributed by atoms with E-state index in [0.717, 1.165) is 31.9 Å². The van der Waals surface area contributed by atoms with Crippen LogP contribution in [0.3, 0.4) is 0 Å². The summed E-state index contributed by atoms with van der Waals surface area (Å²) in [4.78, 5) is 4.58. The molecule has 0 radical (unpaired) electrons. The van der Waals surface area contributed by atoms with Gasteiger partial charge in [0.25, 0.3) is 0 Å². The van der Waals surface area contributed by atoms with Crippen molar-refractivity contribution >= 4 is 35.6 Å². The number of nitrogens with two attached hydrogens (primary N) is 1. The van der Waals surface area contributed by atoms with Crippen molar-refractivity contribution in [2.24, 2.45) is 16.1 Å². The molecule has 1 fully saturated rings. The molecular weight excluding hydrogens is 389 g/mol. The predicted octanol–water partition coefficient (Wildman–Crippen LogP) is 4.02. The van der Waals surface area contributed by atoms with E-state index in [-0.39, 0.29) is 29.4 Å². The lowest BCUT2D eigenvalue weighted by molar-refractivity contribution is 0.107. The molecule has 5 heteroatoms. The van der Waals surface area contributed by atoms with Crippen molar-refractivity contribution in [3.63, 3.8) is 0 Å². The second-order valence-electron chi connectivity index (χ2n) is 5.85. The van der Waals surface area contributed by atoms with Crippen molar-refractivity contribution < 1.29 is 4.74 Å². The number of aliphatic imine (C=N–C) groups is 1. The van der Waals surface area contributed by atoms with E-state index in [0.29, 0.717) is 5.96 Å². The van der Waals surface area contributed by atoms with Gasteiger partial charge >= 0.3 is 0 Å². The SMILES string of the molecule is CCOCCC1(CN=C(N)Nc2ccccc2)CCCC1.I. The van der Waals surface area contributed by atoms with E-state index in [1.165, 1.54) is 25.7 Å². The molecule has 0 bridgehead atoms. The molecule has 0 aromatic heterocycles. The number of nitrogens with zero attached hydrogens (tertiary/aromatic N) is 1. The van der Waals surface area contributed by atoms with Gasteiger partial charge in [0.2, 0.25) is 0 Å². The number of hydrogen-bond donors (Lipinski definition) is 2. The Bertz CT molecular complexity index is 444. The van der Waals surface area contributed by atoms with Gasteiger partial charge < -0.3 is 15.8 Å². The van der Waals surface area contributed by atoms with Crippen molar-refractivity contribution in [2.75, 3.05) is 25.1 Å². The molecule has 124 valence electrons. The largest absolute Gasteiger partial charge is 0.382 e. The maximum atomic E-state index is 6.01. The maximum absolute atomic E-state index is 6.01. The standard InChI is InChI=1S/C17H27N3O.HI/c1-2-21-13-12-17(10-6-7-11-17)14-19-16(18)20-15-8-4-3-5-9-15;/h3-5,8-9H,2,6-7,10-14H2,1H3,(H3,18,19,20);1H. The Balaban J connectivity index is 0.00000242. The molecule has 1 saturated carbocycles. The molecule has 0 amide bonds. The number of anilines is 1. The Labute approximate surface area is 150 Å². The van der Waals surface area contributed by atoms with E-state index in [1.54, 1.807) is 0 Å². The van der Waals surface area contributed by atoms with Crippen LogP contribution in [0.1, 0.15) is 39.0 Å². The molecule has 0 atom stereocenters. The van der Waals surface area contributed by atoms with Crippen LogP contribution in [0.5, 0.6) is 0 Å². The third-order valence-electron chi connectivity index (χ3n) is 4.28. The summed E-state index contributed by atoms with van der Waals surface area (Å²) in [6, 6.07) is 9.93. The van der Waals surface area contributed by atoms with E-state index >= 15 is 0 Å². The molecule has 1 aromatic carbocycles. The number of benzene rings is 1. The number of hydrogen-bond acceptors (Lipinski definition) is 2. The first-order chi connectivity index (χ1) is 10.2. The monoisotopic (exact) mass is 417 g/mol. The van der Waals surface area contributed by atoms with Gasteiger partial charge in [0, 0.05) is 25.4 Å².